The minimum absolute atomic E-state index is 0.119. The van der Waals surface area contributed by atoms with E-state index >= 15 is 0 Å². The standard InChI is InChI=1S/C17H14FN3O3/c1-21-8-2-3-15(21)16(22)10-24-17(23)14-9-13(19-20-14)11-4-6-12(18)7-5-11/h2-9H,10H2,1H3,(H,19,20). The van der Waals surface area contributed by atoms with Crippen LogP contribution in [-0.2, 0) is 11.8 Å². The number of Topliss-reactive ketones (excluding diaryl/α,β-unsaturated/α-hetero) is 1. The third kappa shape index (κ3) is 3.24. The number of aryl methyl sites for hydroxylation is 1. The Kier molecular flexibility index (Phi) is 4.24. The van der Waals surface area contributed by atoms with Gasteiger partial charge in [0.25, 0.3) is 0 Å². The minimum atomic E-state index is -0.682. The molecule has 24 heavy (non-hydrogen) atoms. The van der Waals surface area contributed by atoms with Crippen molar-refractivity contribution in [1.82, 2.24) is 14.8 Å². The molecule has 0 bridgehead atoms. The molecule has 2 heterocycles. The van der Waals surface area contributed by atoms with Gasteiger partial charge in [-0.05, 0) is 42.5 Å². The molecule has 0 spiro atoms. The van der Waals surface area contributed by atoms with Crippen LogP contribution in [0, 0.1) is 5.82 Å². The van der Waals surface area contributed by atoms with Gasteiger partial charge < -0.3 is 9.30 Å². The van der Waals surface area contributed by atoms with Gasteiger partial charge in [-0.2, -0.15) is 5.10 Å². The lowest BCUT2D eigenvalue weighted by atomic mass is 10.1. The number of benzene rings is 1. The van der Waals surface area contributed by atoms with Crippen molar-refractivity contribution in [2.45, 2.75) is 0 Å². The molecular weight excluding hydrogens is 313 g/mol. The number of esters is 1. The molecule has 0 unspecified atom stereocenters. The Morgan fingerprint density at radius 2 is 2.00 bits per heavy atom. The van der Waals surface area contributed by atoms with Crippen LogP contribution < -0.4 is 0 Å². The first-order chi connectivity index (χ1) is 11.5. The Balaban J connectivity index is 1.65. The van der Waals surface area contributed by atoms with Gasteiger partial charge in [-0.3, -0.25) is 9.89 Å². The number of hydrogen-bond acceptors (Lipinski definition) is 4. The molecule has 0 saturated carbocycles. The Bertz CT molecular complexity index is 881. The number of ketones is 1. The Morgan fingerprint density at radius 1 is 1.25 bits per heavy atom. The van der Waals surface area contributed by atoms with Crippen molar-refractivity contribution >= 4 is 11.8 Å². The molecule has 0 aliphatic heterocycles. The van der Waals surface area contributed by atoms with Crippen LogP contribution in [0.1, 0.15) is 21.0 Å². The van der Waals surface area contributed by atoms with E-state index in [9.17, 15) is 14.0 Å². The smallest absolute Gasteiger partial charge is 0.356 e. The third-order valence-electron chi connectivity index (χ3n) is 3.50. The molecule has 1 aromatic carbocycles. The van der Waals surface area contributed by atoms with Gasteiger partial charge in [-0.25, -0.2) is 9.18 Å². The van der Waals surface area contributed by atoms with Crippen LogP contribution in [0.5, 0.6) is 0 Å². The van der Waals surface area contributed by atoms with Crippen LogP contribution in [0.15, 0.2) is 48.7 Å². The number of nitrogens with one attached hydrogen (secondary N) is 1. The maximum Gasteiger partial charge on any atom is 0.356 e. The summed E-state index contributed by atoms with van der Waals surface area (Å²) in [6.45, 7) is -0.360. The van der Waals surface area contributed by atoms with E-state index in [4.69, 9.17) is 4.74 Å². The minimum Gasteiger partial charge on any atom is -0.453 e. The molecule has 0 aliphatic carbocycles. The van der Waals surface area contributed by atoms with Crippen LogP contribution in [0.4, 0.5) is 4.39 Å². The van der Waals surface area contributed by atoms with Gasteiger partial charge in [-0.15, -0.1) is 0 Å². The first-order valence-corrected chi connectivity index (χ1v) is 7.17. The van der Waals surface area contributed by atoms with Gasteiger partial charge in [0.05, 0.1) is 11.4 Å². The van der Waals surface area contributed by atoms with E-state index in [0.717, 1.165) is 0 Å². The fourth-order valence-electron chi connectivity index (χ4n) is 2.23. The number of hydrogen-bond donors (Lipinski definition) is 1. The van der Waals surface area contributed by atoms with Gasteiger partial charge in [0.2, 0.25) is 5.78 Å². The fraction of sp³-hybridized carbons (Fsp3) is 0.118. The molecule has 0 atom stereocenters. The zero-order valence-corrected chi connectivity index (χ0v) is 12.8. The maximum atomic E-state index is 12.9. The summed E-state index contributed by atoms with van der Waals surface area (Å²) in [7, 11) is 1.74. The van der Waals surface area contributed by atoms with Crippen molar-refractivity contribution in [3.63, 3.8) is 0 Å². The van der Waals surface area contributed by atoms with Crippen LogP contribution >= 0.6 is 0 Å². The summed E-state index contributed by atoms with van der Waals surface area (Å²) in [5, 5.41) is 6.54. The van der Waals surface area contributed by atoms with Crippen LogP contribution in [0.25, 0.3) is 11.3 Å². The van der Waals surface area contributed by atoms with Gasteiger partial charge in [0.15, 0.2) is 6.61 Å². The highest BCUT2D eigenvalue weighted by atomic mass is 19.1. The van der Waals surface area contributed by atoms with E-state index in [1.807, 2.05) is 0 Å². The molecule has 6 nitrogen and oxygen atoms in total. The van der Waals surface area contributed by atoms with Crippen molar-refractivity contribution in [2.75, 3.05) is 6.61 Å². The summed E-state index contributed by atoms with van der Waals surface area (Å²) in [5.41, 5.74) is 1.72. The average molecular weight is 327 g/mol. The van der Waals surface area contributed by atoms with Gasteiger partial charge in [-0.1, -0.05) is 0 Å². The van der Waals surface area contributed by atoms with Crippen LogP contribution in [0.2, 0.25) is 0 Å². The second-order valence-corrected chi connectivity index (χ2v) is 5.18. The van der Waals surface area contributed by atoms with Gasteiger partial charge in [0.1, 0.15) is 11.5 Å². The second kappa shape index (κ2) is 6.49. The monoisotopic (exact) mass is 327 g/mol. The van der Waals surface area contributed by atoms with E-state index in [0.29, 0.717) is 17.0 Å². The SMILES string of the molecule is Cn1cccc1C(=O)COC(=O)c1cc(-c2ccc(F)cc2)n[nH]1. The zero-order chi connectivity index (χ0) is 17.1. The summed E-state index contributed by atoms with van der Waals surface area (Å²) < 4.78 is 19.6. The predicted octanol–water partition coefficient (Wildman–Crippen LogP) is 2.59. The van der Waals surface area contributed by atoms with E-state index in [2.05, 4.69) is 10.2 Å². The summed E-state index contributed by atoms with van der Waals surface area (Å²) in [5.74, 6) is -1.33. The molecule has 3 aromatic rings. The second-order valence-electron chi connectivity index (χ2n) is 5.18. The number of ether oxygens (including phenoxy) is 1. The molecule has 7 heteroatoms. The number of carbonyl (C=O) groups excluding carboxylic acids is 2. The number of H-pyrrole nitrogens is 1. The molecule has 2 aromatic heterocycles. The first kappa shape index (κ1) is 15.7. The Labute approximate surface area is 136 Å². The van der Waals surface area contributed by atoms with E-state index in [1.165, 1.54) is 18.2 Å². The molecule has 0 aliphatic rings. The lowest BCUT2D eigenvalue weighted by Gasteiger charge is -2.03. The summed E-state index contributed by atoms with van der Waals surface area (Å²) in [6, 6.07) is 10.6. The molecule has 0 radical (unpaired) electrons. The van der Waals surface area contributed by atoms with Gasteiger partial charge >= 0.3 is 5.97 Å². The normalized spacial score (nSPS) is 10.6. The number of rotatable bonds is 5. The van der Waals surface area contributed by atoms with E-state index in [1.54, 1.807) is 42.1 Å². The lowest BCUT2D eigenvalue weighted by molar-refractivity contribution is 0.0466. The largest absolute Gasteiger partial charge is 0.453 e. The molecule has 0 saturated heterocycles. The first-order valence-electron chi connectivity index (χ1n) is 7.17. The fourth-order valence-corrected chi connectivity index (χ4v) is 2.23. The highest BCUT2D eigenvalue weighted by Crippen LogP contribution is 2.18. The van der Waals surface area contributed by atoms with Crippen molar-refractivity contribution < 1.29 is 18.7 Å². The average Bonchev–Trinajstić information content (AvgIpc) is 3.22. The van der Waals surface area contributed by atoms with Crippen LogP contribution in [0.3, 0.4) is 0 Å². The highest BCUT2D eigenvalue weighted by molar-refractivity contribution is 5.98. The third-order valence-corrected chi connectivity index (χ3v) is 3.50. The van der Waals surface area contributed by atoms with Crippen molar-refractivity contribution in [2.24, 2.45) is 7.05 Å². The number of aromatic nitrogens is 3. The van der Waals surface area contributed by atoms with Crippen molar-refractivity contribution in [3.8, 4) is 11.3 Å². The van der Waals surface area contributed by atoms with Crippen molar-refractivity contribution in [3.05, 3.63) is 65.9 Å². The van der Waals surface area contributed by atoms with E-state index in [-0.39, 0.29) is 23.9 Å². The molecule has 0 amide bonds. The summed E-state index contributed by atoms with van der Waals surface area (Å²) in [4.78, 5) is 24.0. The van der Waals surface area contributed by atoms with Crippen LogP contribution in [-0.4, -0.2) is 33.1 Å². The molecule has 3 rings (SSSR count). The number of nitrogens with zero attached hydrogens (tertiary/aromatic N) is 2. The number of aromatic amines is 1. The summed E-state index contributed by atoms with van der Waals surface area (Å²) >= 11 is 0. The molecule has 1 N–H and O–H groups in total. The quantitative estimate of drug-likeness (QED) is 0.577. The molecule has 122 valence electrons. The number of carbonyl (C=O) groups is 2. The van der Waals surface area contributed by atoms with E-state index < -0.39 is 5.97 Å². The molecular formula is C17H14FN3O3. The lowest BCUT2D eigenvalue weighted by Crippen LogP contribution is -2.16. The molecule has 0 fully saturated rings. The zero-order valence-electron chi connectivity index (χ0n) is 12.8. The highest BCUT2D eigenvalue weighted by Gasteiger charge is 2.16. The Hall–Kier alpha value is -3.22. The predicted molar refractivity (Wildman–Crippen MR) is 84.0 cm³/mol. The van der Waals surface area contributed by atoms with Gasteiger partial charge in [0, 0.05) is 18.8 Å². The Morgan fingerprint density at radius 3 is 2.67 bits per heavy atom. The van der Waals surface area contributed by atoms with Crippen molar-refractivity contribution in [1.29, 1.82) is 0 Å². The maximum absolute atomic E-state index is 12.9. The topological polar surface area (TPSA) is 77.0 Å². The number of halogens is 1. The summed E-state index contributed by atoms with van der Waals surface area (Å²) in [6.07, 6.45) is 1.74.